The minimum Gasteiger partial charge on any atom is -0.374 e. The van der Waals surface area contributed by atoms with E-state index in [1.807, 2.05) is 24.4 Å². The molecular weight excluding hydrogens is 240 g/mol. The number of aromatic nitrogens is 1. The number of hydrazine groups is 1. The average Bonchev–Trinajstić information content (AvgIpc) is 2.46. The Balaban J connectivity index is 1.93. The average molecular weight is 264 g/mol. The molecule has 1 aromatic heterocycles. The largest absolute Gasteiger partial charge is 0.374 e. The van der Waals surface area contributed by atoms with E-state index in [2.05, 4.69) is 22.2 Å². The second-order valence-electron chi connectivity index (χ2n) is 5.01. The topological polar surface area (TPSA) is 63.4 Å². The van der Waals surface area contributed by atoms with Gasteiger partial charge in [0.15, 0.2) is 0 Å². The summed E-state index contributed by atoms with van der Waals surface area (Å²) in [6, 6.07) is 6.06. The zero-order chi connectivity index (χ0) is 13.5. The van der Waals surface area contributed by atoms with E-state index in [4.69, 9.17) is 10.6 Å². The van der Waals surface area contributed by atoms with Gasteiger partial charge in [-0.05, 0) is 25.1 Å². The van der Waals surface area contributed by atoms with Gasteiger partial charge in [-0.15, -0.1) is 0 Å². The van der Waals surface area contributed by atoms with E-state index in [0.717, 1.165) is 38.4 Å². The number of nitrogens with one attached hydrogen (secondary N) is 1. The molecule has 3 N–H and O–H groups in total. The van der Waals surface area contributed by atoms with Gasteiger partial charge in [-0.2, -0.15) is 0 Å². The van der Waals surface area contributed by atoms with Gasteiger partial charge in [0.2, 0.25) is 0 Å². The predicted octanol–water partition coefficient (Wildman–Crippen LogP) is 0.567. The lowest BCUT2D eigenvalue weighted by Crippen LogP contribution is -2.55. The van der Waals surface area contributed by atoms with Crippen LogP contribution in [0.15, 0.2) is 24.4 Å². The molecule has 1 aliphatic heterocycles. The summed E-state index contributed by atoms with van der Waals surface area (Å²) in [7, 11) is 0. The van der Waals surface area contributed by atoms with Crippen LogP contribution < -0.4 is 11.3 Å². The first-order valence-electron chi connectivity index (χ1n) is 7.03. The van der Waals surface area contributed by atoms with Crippen molar-refractivity contribution in [3.8, 4) is 0 Å². The molecule has 0 saturated carbocycles. The van der Waals surface area contributed by atoms with Crippen molar-refractivity contribution in [3.63, 3.8) is 0 Å². The lowest BCUT2D eigenvalue weighted by molar-refractivity contribution is -0.0463. The Kier molecular flexibility index (Phi) is 5.72. The number of hydrogen-bond acceptors (Lipinski definition) is 5. The maximum Gasteiger partial charge on any atom is 0.0872 e. The third-order valence-corrected chi connectivity index (χ3v) is 3.54. The van der Waals surface area contributed by atoms with Crippen LogP contribution >= 0.6 is 0 Å². The molecule has 0 aromatic carbocycles. The van der Waals surface area contributed by atoms with Gasteiger partial charge in [0.1, 0.15) is 0 Å². The molecular formula is C14H24N4O. The lowest BCUT2D eigenvalue weighted by Gasteiger charge is -2.36. The van der Waals surface area contributed by atoms with Crippen molar-refractivity contribution in [2.24, 2.45) is 5.84 Å². The molecule has 2 rings (SSSR count). The van der Waals surface area contributed by atoms with E-state index in [-0.39, 0.29) is 12.1 Å². The first-order chi connectivity index (χ1) is 9.33. The van der Waals surface area contributed by atoms with Crippen LogP contribution in [0.5, 0.6) is 0 Å². The quantitative estimate of drug-likeness (QED) is 0.581. The fourth-order valence-corrected chi connectivity index (χ4v) is 2.54. The summed E-state index contributed by atoms with van der Waals surface area (Å²) < 4.78 is 5.87. The van der Waals surface area contributed by atoms with Crippen molar-refractivity contribution >= 4 is 0 Å². The van der Waals surface area contributed by atoms with E-state index >= 15 is 0 Å². The van der Waals surface area contributed by atoms with Gasteiger partial charge in [0, 0.05) is 31.4 Å². The molecule has 0 bridgehead atoms. The number of hydrogen-bond donors (Lipinski definition) is 2. The SMILES string of the molecule is CCCN1CCOC(C(Cc2ccccn2)NN)C1. The highest BCUT2D eigenvalue weighted by Gasteiger charge is 2.27. The Morgan fingerprint density at radius 3 is 3.16 bits per heavy atom. The monoisotopic (exact) mass is 264 g/mol. The van der Waals surface area contributed by atoms with Gasteiger partial charge in [-0.3, -0.25) is 21.2 Å². The van der Waals surface area contributed by atoms with Crippen LogP contribution in [-0.4, -0.2) is 48.3 Å². The Morgan fingerprint density at radius 1 is 1.58 bits per heavy atom. The molecule has 1 aromatic rings. The van der Waals surface area contributed by atoms with Crippen LogP contribution in [0.4, 0.5) is 0 Å². The Hall–Kier alpha value is -1.01. The molecule has 2 heterocycles. The van der Waals surface area contributed by atoms with E-state index in [1.54, 1.807) is 0 Å². The van der Waals surface area contributed by atoms with Crippen molar-refractivity contribution < 1.29 is 4.74 Å². The molecule has 1 saturated heterocycles. The van der Waals surface area contributed by atoms with Crippen LogP contribution in [0.3, 0.4) is 0 Å². The number of nitrogens with two attached hydrogens (primary N) is 1. The van der Waals surface area contributed by atoms with Crippen molar-refractivity contribution in [1.29, 1.82) is 0 Å². The Bertz CT molecular complexity index is 358. The third kappa shape index (κ3) is 4.24. The van der Waals surface area contributed by atoms with Crippen LogP contribution in [0.1, 0.15) is 19.0 Å². The number of ether oxygens (including phenoxy) is 1. The molecule has 1 fully saturated rings. The van der Waals surface area contributed by atoms with Gasteiger partial charge in [-0.25, -0.2) is 0 Å². The molecule has 0 spiro atoms. The first kappa shape index (κ1) is 14.4. The molecule has 0 radical (unpaired) electrons. The van der Waals surface area contributed by atoms with Gasteiger partial charge >= 0.3 is 0 Å². The first-order valence-corrected chi connectivity index (χ1v) is 7.03. The fraction of sp³-hybridized carbons (Fsp3) is 0.643. The molecule has 2 unspecified atom stereocenters. The molecule has 5 heteroatoms. The summed E-state index contributed by atoms with van der Waals surface area (Å²) in [5.41, 5.74) is 3.93. The van der Waals surface area contributed by atoms with Gasteiger partial charge < -0.3 is 4.74 Å². The van der Waals surface area contributed by atoms with Crippen LogP contribution in [0, 0.1) is 0 Å². The van der Waals surface area contributed by atoms with Crippen LogP contribution in [0.25, 0.3) is 0 Å². The highest BCUT2D eigenvalue weighted by Crippen LogP contribution is 2.12. The molecule has 0 amide bonds. The summed E-state index contributed by atoms with van der Waals surface area (Å²) in [5, 5.41) is 0. The minimum atomic E-state index is 0.106. The van der Waals surface area contributed by atoms with Crippen LogP contribution in [-0.2, 0) is 11.2 Å². The summed E-state index contributed by atoms with van der Waals surface area (Å²) in [5.74, 6) is 5.69. The molecule has 2 atom stereocenters. The van der Waals surface area contributed by atoms with E-state index < -0.39 is 0 Å². The van der Waals surface area contributed by atoms with Gasteiger partial charge in [0.25, 0.3) is 0 Å². The highest BCUT2D eigenvalue weighted by atomic mass is 16.5. The molecule has 106 valence electrons. The second kappa shape index (κ2) is 7.55. The summed E-state index contributed by atoms with van der Waals surface area (Å²) >= 11 is 0. The summed E-state index contributed by atoms with van der Waals surface area (Å²) in [6.45, 7) is 6.07. The summed E-state index contributed by atoms with van der Waals surface area (Å²) in [6.07, 6.45) is 3.91. The Labute approximate surface area is 115 Å². The smallest absolute Gasteiger partial charge is 0.0872 e. The number of morpholine rings is 1. The van der Waals surface area contributed by atoms with Gasteiger partial charge in [-0.1, -0.05) is 13.0 Å². The molecule has 19 heavy (non-hydrogen) atoms. The lowest BCUT2D eigenvalue weighted by atomic mass is 10.0. The van der Waals surface area contributed by atoms with Crippen molar-refractivity contribution in [1.82, 2.24) is 15.3 Å². The normalized spacial score (nSPS) is 22.3. The zero-order valence-corrected chi connectivity index (χ0v) is 11.6. The third-order valence-electron chi connectivity index (χ3n) is 3.54. The standard InChI is InChI=1S/C14H24N4O/c1-2-7-18-8-9-19-14(11-18)13(17-15)10-12-5-3-4-6-16-12/h3-6,13-14,17H,2,7-11,15H2,1H3. The number of rotatable bonds is 6. The summed E-state index contributed by atoms with van der Waals surface area (Å²) in [4.78, 5) is 6.79. The second-order valence-corrected chi connectivity index (χ2v) is 5.01. The maximum absolute atomic E-state index is 5.87. The van der Waals surface area contributed by atoms with Crippen LogP contribution in [0.2, 0.25) is 0 Å². The highest BCUT2D eigenvalue weighted by molar-refractivity contribution is 5.06. The van der Waals surface area contributed by atoms with E-state index in [9.17, 15) is 0 Å². The minimum absolute atomic E-state index is 0.106. The maximum atomic E-state index is 5.87. The number of nitrogens with zero attached hydrogens (tertiary/aromatic N) is 2. The predicted molar refractivity (Wildman–Crippen MR) is 75.5 cm³/mol. The van der Waals surface area contributed by atoms with Gasteiger partial charge in [0.05, 0.1) is 18.8 Å². The Morgan fingerprint density at radius 2 is 2.47 bits per heavy atom. The number of pyridine rings is 1. The fourth-order valence-electron chi connectivity index (χ4n) is 2.54. The molecule has 5 nitrogen and oxygen atoms in total. The van der Waals surface area contributed by atoms with Crippen molar-refractivity contribution in [2.75, 3.05) is 26.2 Å². The zero-order valence-electron chi connectivity index (χ0n) is 11.6. The van der Waals surface area contributed by atoms with E-state index in [0.29, 0.717) is 0 Å². The van der Waals surface area contributed by atoms with Crippen molar-refractivity contribution in [3.05, 3.63) is 30.1 Å². The molecule has 1 aliphatic rings. The van der Waals surface area contributed by atoms with Crippen molar-refractivity contribution in [2.45, 2.75) is 31.9 Å². The van der Waals surface area contributed by atoms with E-state index in [1.165, 1.54) is 6.42 Å². The molecule has 0 aliphatic carbocycles.